The molecule has 174 valence electrons. The molecule has 0 spiro atoms. The number of carbonyl (C=O) groups excluding carboxylic acids is 2. The lowest BCUT2D eigenvalue weighted by molar-refractivity contribution is -0.137. The number of thiol groups is 1. The number of nitrogens with zero attached hydrogens (tertiary/aromatic N) is 3. The third-order valence-electron chi connectivity index (χ3n) is 6.98. The topological polar surface area (TPSA) is 65.1 Å². The summed E-state index contributed by atoms with van der Waals surface area (Å²) in [5.74, 6) is 0.500. The Bertz CT molecular complexity index is 1040. The molecule has 1 N–H and O–H groups in total. The second-order valence-electron chi connectivity index (χ2n) is 9.01. The largest absolute Gasteiger partial charge is 0.497 e. The summed E-state index contributed by atoms with van der Waals surface area (Å²) in [5, 5.41) is 2.35. The van der Waals surface area contributed by atoms with Crippen LogP contribution in [0.5, 0.6) is 5.75 Å². The van der Waals surface area contributed by atoms with Crippen LogP contribution in [0, 0.1) is 0 Å². The lowest BCUT2D eigenvalue weighted by Crippen LogP contribution is -2.51. The Hall–Kier alpha value is -2.55. The van der Waals surface area contributed by atoms with Crippen molar-refractivity contribution >= 4 is 30.1 Å². The van der Waals surface area contributed by atoms with Gasteiger partial charge in [-0.1, -0.05) is 18.2 Å². The lowest BCUT2D eigenvalue weighted by atomic mass is 10.0. The molecule has 7 nitrogen and oxygen atoms in total. The summed E-state index contributed by atoms with van der Waals surface area (Å²) >= 11 is 4.80. The van der Waals surface area contributed by atoms with E-state index in [1.54, 1.807) is 7.11 Å². The van der Waals surface area contributed by atoms with Crippen LogP contribution in [0.15, 0.2) is 42.5 Å². The minimum absolute atomic E-state index is 0.119. The van der Waals surface area contributed by atoms with E-state index in [2.05, 4.69) is 50.3 Å². The molecule has 0 aliphatic carbocycles. The molecule has 0 radical (unpaired) electrons. The van der Waals surface area contributed by atoms with Gasteiger partial charge in [-0.2, -0.15) is 12.6 Å². The van der Waals surface area contributed by atoms with Crippen molar-refractivity contribution in [3.05, 3.63) is 59.2 Å². The average Bonchev–Trinajstić information content (AvgIpc) is 3.15. The first-order valence-corrected chi connectivity index (χ1v) is 12.0. The lowest BCUT2D eigenvalue weighted by Gasteiger charge is -2.36. The molecule has 0 saturated carbocycles. The second-order valence-corrected chi connectivity index (χ2v) is 9.50. The number of anilines is 1. The number of carbonyl (C=O) groups is 2. The Morgan fingerprint density at radius 2 is 1.82 bits per heavy atom. The van der Waals surface area contributed by atoms with Gasteiger partial charge in [0.05, 0.1) is 18.5 Å². The third-order valence-corrected chi connectivity index (χ3v) is 7.55. The Morgan fingerprint density at radius 3 is 2.52 bits per heavy atom. The summed E-state index contributed by atoms with van der Waals surface area (Å²) in [6, 6.07) is 14.6. The maximum atomic E-state index is 12.4. The number of methoxy groups -OCH3 is 1. The molecule has 5 rings (SSSR count). The summed E-state index contributed by atoms with van der Waals surface area (Å²) in [6.07, 6.45) is 0.943. The molecule has 0 bridgehead atoms. The predicted octanol–water partition coefficient (Wildman–Crippen LogP) is 2.57. The van der Waals surface area contributed by atoms with Crippen LogP contribution in [-0.2, 0) is 22.7 Å². The number of nitrogens with one attached hydrogen (secondary N) is 1. The molecule has 33 heavy (non-hydrogen) atoms. The number of fused-ring (bicyclic) bond motifs is 1. The van der Waals surface area contributed by atoms with Gasteiger partial charge in [0.25, 0.3) is 0 Å². The van der Waals surface area contributed by atoms with E-state index in [9.17, 15) is 9.59 Å². The summed E-state index contributed by atoms with van der Waals surface area (Å²) in [5.41, 5.74) is 4.92. The molecule has 2 amide bonds. The van der Waals surface area contributed by atoms with Crippen molar-refractivity contribution in [1.82, 2.24) is 15.1 Å². The summed E-state index contributed by atoms with van der Waals surface area (Å²) in [7, 11) is 1.69. The van der Waals surface area contributed by atoms with Gasteiger partial charge in [-0.15, -0.1) is 0 Å². The van der Waals surface area contributed by atoms with Crippen molar-refractivity contribution in [3.8, 4) is 5.75 Å². The molecule has 2 fully saturated rings. The van der Waals surface area contributed by atoms with Gasteiger partial charge in [0, 0.05) is 51.4 Å². The van der Waals surface area contributed by atoms with Gasteiger partial charge >= 0.3 is 0 Å². The standard InChI is InChI=1S/C25H30N4O3S/c1-32-20-5-3-19(4-6-20)28-12-10-27(11-13-28)15-17-2-7-21-18(14-17)16-29(25(21)33)22-8-9-23(30)26-24(22)31/h2-7,14,22,25,33H,8-13,15-16H2,1H3,(H,26,30,31). The van der Waals surface area contributed by atoms with Gasteiger partial charge in [0.2, 0.25) is 11.8 Å². The maximum absolute atomic E-state index is 12.4. The predicted molar refractivity (Wildman–Crippen MR) is 130 cm³/mol. The molecule has 0 aromatic heterocycles. The number of imide groups is 1. The van der Waals surface area contributed by atoms with Crippen LogP contribution >= 0.6 is 12.6 Å². The minimum Gasteiger partial charge on any atom is -0.497 e. The van der Waals surface area contributed by atoms with Crippen molar-refractivity contribution in [2.24, 2.45) is 0 Å². The van der Waals surface area contributed by atoms with Crippen molar-refractivity contribution in [1.29, 1.82) is 0 Å². The molecule has 3 heterocycles. The van der Waals surface area contributed by atoms with Crippen LogP contribution in [0.25, 0.3) is 0 Å². The number of piperidine rings is 1. The van der Waals surface area contributed by atoms with Crippen LogP contribution in [-0.4, -0.2) is 60.9 Å². The third kappa shape index (κ3) is 4.60. The van der Waals surface area contributed by atoms with Gasteiger partial charge in [-0.3, -0.25) is 24.7 Å². The van der Waals surface area contributed by atoms with E-state index in [1.807, 2.05) is 12.1 Å². The highest BCUT2D eigenvalue weighted by molar-refractivity contribution is 7.80. The zero-order valence-electron chi connectivity index (χ0n) is 18.9. The minimum atomic E-state index is -0.299. The number of hydrogen-bond acceptors (Lipinski definition) is 7. The first-order valence-electron chi connectivity index (χ1n) is 11.5. The highest BCUT2D eigenvalue weighted by Gasteiger charge is 2.39. The van der Waals surface area contributed by atoms with Gasteiger partial charge in [0.1, 0.15) is 5.75 Å². The molecule has 2 unspecified atom stereocenters. The highest BCUT2D eigenvalue weighted by atomic mass is 32.1. The number of ether oxygens (including phenoxy) is 1. The quantitative estimate of drug-likeness (QED) is 0.522. The summed E-state index contributed by atoms with van der Waals surface area (Å²) in [4.78, 5) is 30.9. The van der Waals surface area contributed by atoms with Gasteiger partial charge in [-0.25, -0.2) is 0 Å². The number of rotatable bonds is 5. The van der Waals surface area contributed by atoms with Crippen LogP contribution in [0.1, 0.15) is 34.9 Å². The number of piperazine rings is 1. The van der Waals surface area contributed by atoms with Crippen molar-refractivity contribution in [3.63, 3.8) is 0 Å². The van der Waals surface area contributed by atoms with Crippen molar-refractivity contribution in [2.75, 3.05) is 38.2 Å². The maximum Gasteiger partial charge on any atom is 0.243 e. The fourth-order valence-corrected chi connectivity index (χ4v) is 5.60. The Kier molecular flexibility index (Phi) is 6.32. The zero-order valence-corrected chi connectivity index (χ0v) is 19.8. The Balaban J connectivity index is 1.19. The monoisotopic (exact) mass is 466 g/mol. The molecular weight excluding hydrogens is 436 g/mol. The van der Waals surface area contributed by atoms with Crippen LogP contribution in [0.4, 0.5) is 5.69 Å². The van der Waals surface area contributed by atoms with Crippen molar-refractivity contribution < 1.29 is 14.3 Å². The van der Waals surface area contributed by atoms with Crippen LogP contribution in [0.3, 0.4) is 0 Å². The molecule has 2 aromatic carbocycles. The fourth-order valence-electron chi connectivity index (χ4n) is 5.10. The van der Waals surface area contributed by atoms with Crippen molar-refractivity contribution in [2.45, 2.75) is 37.3 Å². The fraction of sp³-hybridized carbons (Fsp3) is 0.440. The molecule has 3 aliphatic heterocycles. The van der Waals surface area contributed by atoms with Gasteiger partial charge < -0.3 is 9.64 Å². The molecule has 3 aliphatic rings. The van der Waals surface area contributed by atoms with E-state index >= 15 is 0 Å². The molecular formula is C25H30N4O3S. The smallest absolute Gasteiger partial charge is 0.243 e. The van der Waals surface area contributed by atoms with E-state index in [4.69, 9.17) is 17.4 Å². The van der Waals surface area contributed by atoms with Crippen LogP contribution in [0.2, 0.25) is 0 Å². The number of amides is 2. The summed E-state index contributed by atoms with van der Waals surface area (Å²) in [6.45, 7) is 5.63. The zero-order chi connectivity index (χ0) is 22.9. The van der Waals surface area contributed by atoms with E-state index < -0.39 is 0 Å². The first kappa shape index (κ1) is 22.3. The Labute approximate surface area is 200 Å². The van der Waals surface area contributed by atoms with Gasteiger partial charge in [-0.05, 0) is 47.4 Å². The van der Waals surface area contributed by atoms with E-state index in [-0.39, 0.29) is 23.2 Å². The van der Waals surface area contributed by atoms with E-state index in [0.29, 0.717) is 19.4 Å². The van der Waals surface area contributed by atoms with E-state index in [0.717, 1.165) is 44.0 Å². The second kappa shape index (κ2) is 9.37. The Morgan fingerprint density at radius 1 is 1.06 bits per heavy atom. The van der Waals surface area contributed by atoms with E-state index in [1.165, 1.54) is 16.8 Å². The average molecular weight is 467 g/mol. The number of hydrogen-bond donors (Lipinski definition) is 2. The molecule has 8 heteroatoms. The molecule has 2 saturated heterocycles. The number of benzene rings is 2. The molecule has 2 aromatic rings. The summed E-state index contributed by atoms with van der Waals surface area (Å²) < 4.78 is 5.26. The SMILES string of the molecule is COc1ccc(N2CCN(Cc3ccc4c(c3)CN(C3CCC(=O)NC3=O)C4S)CC2)cc1. The highest BCUT2D eigenvalue weighted by Crippen LogP contribution is 2.39. The first-order chi connectivity index (χ1) is 16.0. The normalized spacial score (nSPS) is 24.0. The van der Waals surface area contributed by atoms with Gasteiger partial charge in [0.15, 0.2) is 0 Å². The molecule has 2 atom stereocenters. The van der Waals surface area contributed by atoms with Crippen LogP contribution < -0.4 is 15.0 Å².